The normalized spacial score (nSPS) is 18.0. The number of ether oxygens (including phenoxy) is 1. The molecule has 28 heavy (non-hydrogen) atoms. The zero-order chi connectivity index (χ0) is 19.9. The Morgan fingerprint density at radius 1 is 1.14 bits per heavy atom. The van der Waals surface area contributed by atoms with Crippen LogP contribution in [0.2, 0.25) is 0 Å². The highest BCUT2D eigenvalue weighted by Gasteiger charge is 2.44. The van der Waals surface area contributed by atoms with Gasteiger partial charge in [-0.3, -0.25) is 9.59 Å². The molecule has 5 heteroatoms. The van der Waals surface area contributed by atoms with E-state index in [2.05, 4.69) is 15.9 Å². The van der Waals surface area contributed by atoms with Gasteiger partial charge in [0.25, 0.3) is 0 Å². The number of nitrogens with zero attached hydrogens (tertiary/aromatic N) is 1. The molecule has 1 saturated heterocycles. The van der Waals surface area contributed by atoms with Gasteiger partial charge in [0.1, 0.15) is 11.4 Å². The molecule has 0 aromatic heterocycles. The van der Waals surface area contributed by atoms with E-state index in [0.717, 1.165) is 26.7 Å². The van der Waals surface area contributed by atoms with E-state index in [9.17, 15) is 9.59 Å². The van der Waals surface area contributed by atoms with Gasteiger partial charge in [0.15, 0.2) is 5.78 Å². The van der Waals surface area contributed by atoms with Crippen LogP contribution in [-0.2, 0) is 11.2 Å². The minimum atomic E-state index is -0.474. The molecule has 2 aliphatic heterocycles. The van der Waals surface area contributed by atoms with Crippen molar-refractivity contribution in [3.8, 4) is 5.75 Å². The molecule has 1 spiro atoms. The predicted molar refractivity (Wildman–Crippen MR) is 112 cm³/mol. The van der Waals surface area contributed by atoms with Crippen LogP contribution >= 0.6 is 15.9 Å². The summed E-state index contributed by atoms with van der Waals surface area (Å²) in [5, 5.41) is 0. The van der Waals surface area contributed by atoms with Gasteiger partial charge in [0.2, 0.25) is 5.91 Å². The van der Waals surface area contributed by atoms with Gasteiger partial charge in [-0.1, -0.05) is 34.1 Å². The van der Waals surface area contributed by atoms with Crippen molar-refractivity contribution in [3.63, 3.8) is 0 Å². The number of halogens is 1. The Balaban J connectivity index is 1.44. The first-order valence-corrected chi connectivity index (χ1v) is 10.5. The van der Waals surface area contributed by atoms with Gasteiger partial charge in [-0.15, -0.1) is 0 Å². The second-order valence-corrected chi connectivity index (χ2v) is 8.94. The summed E-state index contributed by atoms with van der Waals surface area (Å²) in [6.45, 7) is 5.24. The van der Waals surface area contributed by atoms with Crippen molar-refractivity contribution in [2.75, 3.05) is 13.1 Å². The van der Waals surface area contributed by atoms with E-state index in [0.29, 0.717) is 44.5 Å². The lowest BCUT2D eigenvalue weighted by Crippen LogP contribution is -2.52. The van der Waals surface area contributed by atoms with Crippen LogP contribution in [0.5, 0.6) is 5.75 Å². The molecule has 0 bridgehead atoms. The first-order chi connectivity index (χ1) is 13.3. The molecule has 2 aliphatic rings. The molecule has 0 atom stereocenters. The first-order valence-electron chi connectivity index (χ1n) is 9.71. The van der Waals surface area contributed by atoms with Crippen LogP contribution in [-0.4, -0.2) is 35.3 Å². The second-order valence-electron chi connectivity index (χ2n) is 8.02. The smallest absolute Gasteiger partial charge is 0.226 e. The van der Waals surface area contributed by atoms with Gasteiger partial charge >= 0.3 is 0 Å². The number of Topliss-reactive ketones (excluding diaryl/α,β-unsaturated/α-hetero) is 1. The Kier molecular flexibility index (Phi) is 5.04. The molecular weight excluding hydrogens is 418 g/mol. The third kappa shape index (κ3) is 3.72. The molecule has 1 amide bonds. The molecule has 146 valence electrons. The average molecular weight is 442 g/mol. The van der Waals surface area contributed by atoms with Gasteiger partial charge in [-0.2, -0.15) is 0 Å². The van der Waals surface area contributed by atoms with Crippen LogP contribution in [0, 0.1) is 13.8 Å². The van der Waals surface area contributed by atoms with E-state index in [1.54, 1.807) is 0 Å². The van der Waals surface area contributed by atoms with Gasteiger partial charge in [0.05, 0.1) is 18.4 Å². The molecule has 4 nitrogen and oxygen atoms in total. The number of fused-ring (bicyclic) bond motifs is 1. The van der Waals surface area contributed by atoms with E-state index in [4.69, 9.17) is 4.74 Å². The highest BCUT2D eigenvalue weighted by atomic mass is 79.9. The molecule has 0 aliphatic carbocycles. The van der Waals surface area contributed by atoms with Crippen molar-refractivity contribution in [1.82, 2.24) is 4.90 Å². The van der Waals surface area contributed by atoms with Crippen molar-refractivity contribution < 1.29 is 14.3 Å². The van der Waals surface area contributed by atoms with Crippen LogP contribution in [0.4, 0.5) is 0 Å². The Hall–Kier alpha value is -2.14. The van der Waals surface area contributed by atoms with Gasteiger partial charge in [-0.05, 0) is 48.7 Å². The molecule has 2 heterocycles. The SMILES string of the molecule is Cc1cc(C)c2c(c1)OC1(CCN(C(=O)Cc3ccc(Br)cc3)CC1)CC2=O. The van der Waals surface area contributed by atoms with E-state index in [1.807, 2.05) is 55.1 Å². The maximum absolute atomic E-state index is 12.8. The topological polar surface area (TPSA) is 46.6 Å². The van der Waals surface area contributed by atoms with Crippen molar-refractivity contribution in [3.05, 3.63) is 63.1 Å². The van der Waals surface area contributed by atoms with E-state index in [-0.39, 0.29) is 11.7 Å². The number of carbonyl (C=O) groups excluding carboxylic acids is 2. The molecule has 0 unspecified atom stereocenters. The quantitative estimate of drug-likeness (QED) is 0.681. The largest absolute Gasteiger partial charge is 0.486 e. The number of hydrogen-bond acceptors (Lipinski definition) is 3. The minimum absolute atomic E-state index is 0.131. The third-order valence-electron chi connectivity index (χ3n) is 5.83. The fourth-order valence-corrected chi connectivity index (χ4v) is 4.61. The van der Waals surface area contributed by atoms with Crippen molar-refractivity contribution in [2.45, 2.75) is 45.1 Å². The first kappa shape index (κ1) is 19.2. The summed E-state index contributed by atoms with van der Waals surface area (Å²) >= 11 is 3.42. The van der Waals surface area contributed by atoms with Crippen LogP contribution in [0.3, 0.4) is 0 Å². The standard InChI is InChI=1S/C23H24BrNO3/c1-15-11-16(2)22-19(26)14-23(28-20(22)12-15)7-9-25(10-8-23)21(27)13-17-3-5-18(24)6-4-17/h3-6,11-12H,7-10,13-14H2,1-2H3. The maximum Gasteiger partial charge on any atom is 0.226 e. The number of hydrogen-bond donors (Lipinski definition) is 0. The minimum Gasteiger partial charge on any atom is -0.486 e. The number of piperidine rings is 1. The lowest BCUT2D eigenvalue weighted by atomic mass is 9.81. The van der Waals surface area contributed by atoms with Crippen molar-refractivity contribution in [2.24, 2.45) is 0 Å². The second kappa shape index (κ2) is 7.36. The van der Waals surface area contributed by atoms with Gasteiger partial charge in [-0.25, -0.2) is 0 Å². The lowest BCUT2D eigenvalue weighted by Gasteiger charge is -2.44. The summed E-state index contributed by atoms with van der Waals surface area (Å²) in [5.74, 6) is 1.00. The predicted octanol–water partition coefficient (Wildman–Crippen LogP) is 4.64. The lowest BCUT2D eigenvalue weighted by molar-refractivity contribution is -0.134. The van der Waals surface area contributed by atoms with E-state index >= 15 is 0 Å². The molecule has 4 rings (SSSR count). The average Bonchev–Trinajstić information content (AvgIpc) is 2.63. The number of benzene rings is 2. The van der Waals surface area contributed by atoms with Crippen LogP contribution < -0.4 is 4.74 Å². The summed E-state index contributed by atoms with van der Waals surface area (Å²) in [6, 6.07) is 11.8. The molecule has 0 radical (unpaired) electrons. The van der Waals surface area contributed by atoms with Crippen molar-refractivity contribution in [1.29, 1.82) is 0 Å². The Morgan fingerprint density at radius 2 is 1.82 bits per heavy atom. The van der Waals surface area contributed by atoms with E-state index < -0.39 is 5.60 Å². The molecule has 2 aromatic rings. The zero-order valence-electron chi connectivity index (χ0n) is 16.3. The molecule has 1 fully saturated rings. The van der Waals surface area contributed by atoms with Crippen LogP contribution in [0.15, 0.2) is 40.9 Å². The fraction of sp³-hybridized carbons (Fsp3) is 0.391. The number of aryl methyl sites for hydroxylation is 2. The summed E-state index contributed by atoms with van der Waals surface area (Å²) < 4.78 is 7.40. The number of ketones is 1. The van der Waals surface area contributed by atoms with Crippen LogP contribution in [0.25, 0.3) is 0 Å². The Morgan fingerprint density at radius 3 is 2.50 bits per heavy atom. The van der Waals surface area contributed by atoms with Crippen molar-refractivity contribution >= 4 is 27.6 Å². The number of rotatable bonds is 2. The van der Waals surface area contributed by atoms with Gasteiger partial charge in [0, 0.05) is 30.4 Å². The van der Waals surface area contributed by atoms with Gasteiger partial charge < -0.3 is 9.64 Å². The number of likely N-dealkylation sites (tertiary alicyclic amines) is 1. The Bertz CT molecular complexity index is 928. The van der Waals surface area contributed by atoms with E-state index in [1.165, 1.54) is 0 Å². The highest BCUT2D eigenvalue weighted by Crippen LogP contribution is 2.41. The summed E-state index contributed by atoms with van der Waals surface area (Å²) in [4.78, 5) is 27.4. The molecular formula is C23H24BrNO3. The number of carbonyl (C=O) groups is 2. The summed E-state index contributed by atoms with van der Waals surface area (Å²) in [5.41, 5.74) is 3.35. The third-order valence-corrected chi connectivity index (χ3v) is 6.36. The monoisotopic (exact) mass is 441 g/mol. The molecule has 0 N–H and O–H groups in total. The maximum atomic E-state index is 12.8. The van der Waals surface area contributed by atoms with Crippen LogP contribution in [0.1, 0.15) is 46.3 Å². The zero-order valence-corrected chi connectivity index (χ0v) is 17.8. The Labute approximate surface area is 174 Å². The fourth-order valence-electron chi connectivity index (χ4n) is 4.35. The highest BCUT2D eigenvalue weighted by molar-refractivity contribution is 9.10. The number of amides is 1. The summed E-state index contributed by atoms with van der Waals surface area (Å²) in [7, 11) is 0. The summed E-state index contributed by atoms with van der Waals surface area (Å²) in [6.07, 6.45) is 2.19. The molecule has 0 saturated carbocycles. The molecule has 2 aromatic carbocycles.